The van der Waals surface area contributed by atoms with Gasteiger partial charge in [0.05, 0.1) is 14.2 Å². The van der Waals surface area contributed by atoms with Gasteiger partial charge in [-0.25, -0.2) is 0 Å². The third kappa shape index (κ3) is 12.2. The van der Waals surface area contributed by atoms with Crippen molar-refractivity contribution in [3.05, 3.63) is 110 Å². The summed E-state index contributed by atoms with van der Waals surface area (Å²) >= 11 is 0. The van der Waals surface area contributed by atoms with Crippen LogP contribution >= 0.6 is 0 Å². The minimum Gasteiger partial charge on any atom is -0.870 e. The van der Waals surface area contributed by atoms with Gasteiger partial charge in [0.15, 0.2) is 23.0 Å². The molecule has 0 fully saturated rings. The van der Waals surface area contributed by atoms with E-state index in [1.54, 1.807) is 25.3 Å². The normalized spacial score (nSPS) is 9.33. The number of methoxy groups -OCH3 is 2. The summed E-state index contributed by atoms with van der Waals surface area (Å²) in [7, 11) is 3.08. The van der Waals surface area contributed by atoms with Crippen molar-refractivity contribution >= 4 is 11.6 Å². The molecule has 0 amide bonds. The van der Waals surface area contributed by atoms with Crippen LogP contribution in [0, 0.1) is 26.0 Å². The summed E-state index contributed by atoms with van der Waals surface area (Å²) in [5, 5.41) is 30.0. The van der Waals surface area contributed by atoms with Gasteiger partial charge < -0.3 is 45.0 Å². The molecule has 0 saturated heterocycles. The number of aromatic nitrogens is 2. The Labute approximate surface area is 289 Å². The van der Waals surface area contributed by atoms with E-state index in [1.807, 2.05) is 31.2 Å². The number of phenolic OH excluding ortho intramolecular Hbond substituents is 1. The van der Waals surface area contributed by atoms with E-state index >= 15 is 0 Å². The summed E-state index contributed by atoms with van der Waals surface area (Å²) in [6, 6.07) is 16.2. The fraction of sp³-hybridized carbons (Fsp3) is 0.214. The summed E-state index contributed by atoms with van der Waals surface area (Å²) in [6.45, 7) is 4.09. The monoisotopic (exact) mass is 624 g/mol. The number of nitrogens with zero attached hydrogens (tertiary/aromatic N) is 4. The van der Waals surface area contributed by atoms with Crippen LogP contribution in [0.2, 0.25) is 0 Å². The quantitative estimate of drug-likeness (QED) is 0.172. The Balaban J connectivity index is 0.000000655. The summed E-state index contributed by atoms with van der Waals surface area (Å²) in [5.74, 6) is -0.193. The van der Waals surface area contributed by atoms with Gasteiger partial charge in [-0.2, -0.15) is 4.39 Å². The van der Waals surface area contributed by atoms with Crippen LogP contribution in [0.5, 0.6) is 28.7 Å². The van der Waals surface area contributed by atoms with Gasteiger partial charge in [-0.1, -0.05) is 26.0 Å². The number of halogens is 1. The minimum absolute atomic E-state index is 0. The van der Waals surface area contributed by atoms with E-state index in [-0.39, 0.29) is 74.2 Å². The molecule has 0 radical (unpaired) electrons. The predicted octanol–water partition coefficient (Wildman–Crippen LogP) is 3.27. The van der Waals surface area contributed by atoms with Gasteiger partial charge in [0, 0.05) is 0 Å². The molecule has 0 aliphatic rings. The van der Waals surface area contributed by atoms with Gasteiger partial charge in [0.25, 0.3) is 0 Å². The van der Waals surface area contributed by atoms with Crippen LogP contribution in [0.1, 0.15) is 25.0 Å². The molecule has 0 unspecified atom stereocenters. The zero-order valence-corrected chi connectivity index (χ0v) is 27.4. The van der Waals surface area contributed by atoms with Crippen molar-refractivity contribution < 1.29 is 90.4 Å². The third-order valence-electron chi connectivity index (χ3n) is 5.34. The average Bonchev–Trinajstić information content (AvgIpc) is 2.98. The first-order valence-corrected chi connectivity index (χ1v) is 12.2. The topological polar surface area (TPSA) is 190 Å². The molecule has 0 bridgehead atoms. The van der Waals surface area contributed by atoms with E-state index in [1.165, 1.54) is 37.2 Å². The molecule has 0 aliphatic carbocycles. The van der Waals surface area contributed by atoms with E-state index in [0.29, 0.717) is 17.2 Å². The van der Waals surface area contributed by atoms with Crippen LogP contribution < -0.4 is 65.6 Å². The first-order chi connectivity index (χ1) is 19.6. The van der Waals surface area contributed by atoms with Crippen LogP contribution in [-0.4, -0.2) is 44.6 Å². The molecule has 43 heavy (non-hydrogen) atoms. The number of hydrogen-bond acceptors (Lipinski definition) is 11. The van der Waals surface area contributed by atoms with Gasteiger partial charge in [0.1, 0.15) is 12.4 Å². The molecule has 2 N–H and O–H groups in total. The molecule has 0 saturated carbocycles. The molecular formula is C28H30FKN4O9. The molecule has 0 spiro atoms. The van der Waals surface area contributed by atoms with Crippen molar-refractivity contribution in [2.45, 2.75) is 26.7 Å². The fourth-order valence-electron chi connectivity index (χ4n) is 3.19. The van der Waals surface area contributed by atoms with Crippen molar-refractivity contribution in [2.24, 2.45) is 0 Å². The molecule has 0 atom stereocenters. The van der Waals surface area contributed by atoms with Crippen molar-refractivity contribution in [3.8, 4) is 28.7 Å². The number of phenols is 1. The van der Waals surface area contributed by atoms with Gasteiger partial charge in [-0.15, -0.1) is 0 Å². The van der Waals surface area contributed by atoms with Crippen molar-refractivity contribution in [2.75, 3.05) is 14.2 Å². The molecule has 4 aromatic rings. The van der Waals surface area contributed by atoms with Crippen molar-refractivity contribution in [3.63, 3.8) is 0 Å². The number of aryl methyl sites for hydroxylation is 2. The average molecular weight is 625 g/mol. The maximum atomic E-state index is 12.3. The Hall–Kier alpha value is -3.73. The number of rotatable bonds is 8. The summed E-state index contributed by atoms with van der Waals surface area (Å²) in [4.78, 5) is 26.3. The van der Waals surface area contributed by atoms with Gasteiger partial charge >= 0.3 is 63.0 Å². The van der Waals surface area contributed by atoms with Crippen molar-refractivity contribution in [1.29, 1.82) is 0 Å². The predicted molar refractivity (Wildman–Crippen MR) is 150 cm³/mol. The number of ether oxygens (including phenoxy) is 3. The first kappa shape index (κ1) is 39.3. The number of nitro groups is 2. The van der Waals surface area contributed by atoms with Crippen LogP contribution in [0.25, 0.3) is 0 Å². The fourth-order valence-corrected chi connectivity index (χ4v) is 3.19. The van der Waals surface area contributed by atoms with E-state index in [2.05, 4.69) is 16.9 Å². The van der Waals surface area contributed by atoms with Crippen LogP contribution in [-0.2, 0) is 12.8 Å². The molecule has 2 aromatic heterocycles. The van der Waals surface area contributed by atoms with Gasteiger partial charge in [0.2, 0.25) is 11.6 Å². The van der Waals surface area contributed by atoms with Crippen LogP contribution in [0.15, 0.2) is 73.1 Å². The molecule has 4 rings (SSSR count). The second-order valence-electron chi connectivity index (χ2n) is 7.95. The number of hydrogen-bond donors (Lipinski definition) is 1. The second-order valence-corrected chi connectivity index (χ2v) is 7.95. The first-order valence-electron chi connectivity index (χ1n) is 12.2. The van der Waals surface area contributed by atoms with E-state index in [9.17, 15) is 29.7 Å². The molecule has 2 aromatic carbocycles. The maximum Gasteiger partial charge on any atom is 1.00 e. The maximum absolute atomic E-state index is 12.3. The Bertz CT molecular complexity index is 1480. The molecule has 2 heterocycles. The molecule has 0 aliphatic heterocycles. The standard InChI is InChI=1S/C14H14N2O4.C9H12O2.C5H3FN2O2.K.H2O/c1-3-10-6-7-11(13(9-10)19-2)20-12-5-4-8-15-14(12)16(17)18;1-3-7-4-5-8(10)9(6-7)11-2;6-4-2-1-3-7-5(4)8(9)10;;/h4-9H,3H2,1-2H3;4-6,10H,3H2,1-2H3;1-3H;;1H2/q;;;+1;/p-1. The largest absolute Gasteiger partial charge is 1.00 e. The van der Waals surface area contributed by atoms with Crippen molar-refractivity contribution in [1.82, 2.24) is 9.97 Å². The molecule has 15 heteroatoms. The van der Waals surface area contributed by atoms with Gasteiger partial charge in [-0.05, 0) is 92.3 Å². The third-order valence-corrected chi connectivity index (χ3v) is 5.34. The Morgan fingerprint density at radius 2 is 1.28 bits per heavy atom. The second kappa shape index (κ2) is 20.2. The minimum atomic E-state index is -0.910. The Kier molecular flexibility index (Phi) is 18.5. The summed E-state index contributed by atoms with van der Waals surface area (Å²) in [5.41, 5.74) is 2.26. The smallest absolute Gasteiger partial charge is 0.870 e. The SMILES string of the molecule is CCc1ccc(O)c(OC)c1.CCc1ccc(Oc2cccnc2[N+](=O)[O-])c(OC)c1.O=[N+]([O-])c1ncccc1F.[K+].[OH-]. The van der Waals surface area contributed by atoms with Gasteiger partial charge in [-0.3, -0.25) is 0 Å². The van der Waals surface area contributed by atoms with Crippen LogP contribution in [0.4, 0.5) is 16.0 Å². The zero-order chi connectivity index (χ0) is 30.4. The molecule has 224 valence electrons. The Morgan fingerprint density at radius 1 is 0.767 bits per heavy atom. The number of benzene rings is 2. The summed E-state index contributed by atoms with van der Waals surface area (Å²) < 4.78 is 28.1. The van der Waals surface area contributed by atoms with E-state index in [0.717, 1.165) is 24.5 Å². The van der Waals surface area contributed by atoms with E-state index < -0.39 is 21.5 Å². The Morgan fingerprint density at radius 3 is 1.77 bits per heavy atom. The molecule has 13 nitrogen and oxygen atoms in total. The molecular weight excluding hydrogens is 594 g/mol. The zero-order valence-electron chi connectivity index (χ0n) is 24.3. The number of aromatic hydroxyl groups is 1. The number of pyridine rings is 2. The van der Waals surface area contributed by atoms with Crippen LogP contribution in [0.3, 0.4) is 0 Å². The van der Waals surface area contributed by atoms with E-state index in [4.69, 9.17) is 14.2 Å². The summed E-state index contributed by atoms with van der Waals surface area (Å²) in [6.07, 6.45) is 4.34.